The fraction of sp³-hybridized carbons (Fsp3) is 0.368. The van der Waals surface area contributed by atoms with Crippen LogP contribution in [0.4, 0.5) is 0 Å². The van der Waals surface area contributed by atoms with Gasteiger partial charge in [-0.25, -0.2) is 0 Å². The lowest BCUT2D eigenvalue weighted by atomic mass is 9.98. The van der Waals surface area contributed by atoms with Gasteiger partial charge >= 0.3 is 0 Å². The Labute approximate surface area is 167 Å². The van der Waals surface area contributed by atoms with Crippen LogP contribution in [0.5, 0.6) is 0 Å². The van der Waals surface area contributed by atoms with Crippen molar-refractivity contribution in [1.82, 2.24) is 5.32 Å². The van der Waals surface area contributed by atoms with E-state index in [4.69, 9.17) is 17.0 Å². The maximum atomic E-state index is 11.8. The standard InChI is InChI=1S/C19H22BrNO2S2/c1-4-14(10-17-18(22)21-19(24)25-17)9-16(20)13(3)23-11-15-7-5-12(2)6-8-15/h4-7,9-10,13,15-16H,1,8,11H2,2-3H3,(H,21,22,24)/b14-9+,17-10+. The van der Waals surface area contributed by atoms with Crippen LogP contribution in [-0.4, -0.2) is 27.8 Å². The first-order valence-electron chi connectivity index (χ1n) is 8.08. The minimum Gasteiger partial charge on any atom is -0.376 e. The number of alkyl halides is 1. The summed E-state index contributed by atoms with van der Waals surface area (Å²) in [6.07, 6.45) is 13.1. The Morgan fingerprint density at radius 1 is 1.64 bits per heavy atom. The second kappa shape index (κ2) is 9.67. The molecule has 0 radical (unpaired) electrons. The summed E-state index contributed by atoms with van der Waals surface area (Å²) < 4.78 is 6.48. The molecule has 0 spiro atoms. The van der Waals surface area contributed by atoms with Crippen LogP contribution in [0.2, 0.25) is 0 Å². The molecule has 6 heteroatoms. The van der Waals surface area contributed by atoms with E-state index in [1.165, 1.54) is 17.3 Å². The monoisotopic (exact) mass is 439 g/mol. The number of carbonyl (C=O) groups is 1. The smallest absolute Gasteiger partial charge is 0.263 e. The van der Waals surface area contributed by atoms with Crippen LogP contribution in [0.3, 0.4) is 0 Å². The third kappa shape index (κ3) is 6.37. The number of halogens is 1. The van der Waals surface area contributed by atoms with Crippen molar-refractivity contribution in [1.29, 1.82) is 0 Å². The maximum absolute atomic E-state index is 11.8. The van der Waals surface area contributed by atoms with Crippen LogP contribution >= 0.6 is 39.9 Å². The van der Waals surface area contributed by atoms with E-state index in [1.807, 2.05) is 13.0 Å². The van der Waals surface area contributed by atoms with Crippen molar-refractivity contribution >= 4 is 50.1 Å². The molecule has 0 aromatic carbocycles. The highest BCUT2D eigenvalue weighted by molar-refractivity contribution is 9.09. The Bertz CT molecular complexity index is 679. The highest BCUT2D eigenvalue weighted by Crippen LogP contribution is 2.26. The predicted octanol–water partition coefficient (Wildman–Crippen LogP) is 4.82. The molecule has 1 heterocycles. The molecule has 0 bridgehead atoms. The van der Waals surface area contributed by atoms with E-state index in [9.17, 15) is 4.79 Å². The molecule has 3 unspecified atom stereocenters. The third-order valence-corrected chi connectivity index (χ3v) is 6.09. The molecule has 1 N–H and O–H groups in total. The van der Waals surface area contributed by atoms with E-state index >= 15 is 0 Å². The zero-order valence-electron chi connectivity index (χ0n) is 14.3. The predicted molar refractivity (Wildman–Crippen MR) is 114 cm³/mol. The molecule has 25 heavy (non-hydrogen) atoms. The number of amides is 1. The summed E-state index contributed by atoms with van der Waals surface area (Å²) in [6, 6.07) is 0. The van der Waals surface area contributed by atoms with Crippen molar-refractivity contribution in [2.75, 3.05) is 6.61 Å². The average molecular weight is 440 g/mol. The van der Waals surface area contributed by atoms with Gasteiger partial charge in [0.1, 0.15) is 4.32 Å². The second-order valence-corrected chi connectivity index (χ2v) is 8.79. The summed E-state index contributed by atoms with van der Waals surface area (Å²) in [4.78, 5) is 12.4. The van der Waals surface area contributed by atoms with Crippen molar-refractivity contribution < 1.29 is 9.53 Å². The molecular weight excluding hydrogens is 418 g/mol. The van der Waals surface area contributed by atoms with Gasteiger partial charge in [0.15, 0.2) is 0 Å². The van der Waals surface area contributed by atoms with E-state index in [-0.39, 0.29) is 16.8 Å². The molecule has 0 aromatic heterocycles. The summed E-state index contributed by atoms with van der Waals surface area (Å²) in [5.74, 6) is 0.265. The zero-order chi connectivity index (χ0) is 18.4. The number of hydrogen-bond acceptors (Lipinski definition) is 4. The van der Waals surface area contributed by atoms with Gasteiger partial charge in [0.2, 0.25) is 0 Å². The van der Waals surface area contributed by atoms with Crippen LogP contribution in [0.1, 0.15) is 20.3 Å². The molecule has 1 aliphatic heterocycles. The van der Waals surface area contributed by atoms with Crippen molar-refractivity contribution in [3.63, 3.8) is 0 Å². The summed E-state index contributed by atoms with van der Waals surface area (Å²) in [5.41, 5.74) is 2.17. The van der Waals surface area contributed by atoms with Crippen LogP contribution in [0.15, 0.2) is 59.1 Å². The topological polar surface area (TPSA) is 38.3 Å². The number of allylic oxidation sites excluding steroid dienone is 6. The number of ether oxygens (including phenoxy) is 1. The number of thiocarbonyl (C=S) groups is 1. The first-order valence-corrected chi connectivity index (χ1v) is 10.2. The van der Waals surface area contributed by atoms with E-state index in [0.29, 0.717) is 21.8 Å². The molecule has 1 saturated heterocycles. The molecule has 3 atom stereocenters. The normalized spacial score (nSPS) is 24.9. The summed E-state index contributed by atoms with van der Waals surface area (Å²) in [5, 5.41) is 2.61. The minimum atomic E-state index is -0.161. The quantitative estimate of drug-likeness (QED) is 0.267. The first-order chi connectivity index (χ1) is 11.9. The summed E-state index contributed by atoms with van der Waals surface area (Å²) in [7, 11) is 0. The fourth-order valence-electron chi connectivity index (χ4n) is 2.33. The third-order valence-electron chi connectivity index (χ3n) is 3.92. The number of thioether (sulfide) groups is 1. The Balaban J connectivity index is 1.92. The van der Waals surface area contributed by atoms with Gasteiger partial charge in [-0.05, 0) is 31.9 Å². The molecular formula is C19H22BrNO2S2. The highest BCUT2D eigenvalue weighted by atomic mass is 79.9. The number of hydrogen-bond donors (Lipinski definition) is 1. The van der Waals surface area contributed by atoms with Gasteiger partial charge < -0.3 is 10.1 Å². The molecule has 3 nitrogen and oxygen atoms in total. The van der Waals surface area contributed by atoms with Crippen molar-refractivity contribution in [2.45, 2.75) is 31.2 Å². The van der Waals surface area contributed by atoms with Crippen LogP contribution in [0.25, 0.3) is 0 Å². The average Bonchev–Trinajstić information content (AvgIpc) is 2.90. The lowest BCUT2D eigenvalue weighted by Gasteiger charge is -2.21. The molecule has 2 aliphatic rings. The zero-order valence-corrected chi connectivity index (χ0v) is 17.5. The molecule has 1 fully saturated rings. The summed E-state index contributed by atoms with van der Waals surface area (Å²) in [6.45, 7) is 8.65. The Morgan fingerprint density at radius 2 is 2.40 bits per heavy atom. The number of carbonyl (C=O) groups excluding carboxylic acids is 1. The van der Waals surface area contributed by atoms with Gasteiger partial charge in [-0.15, -0.1) is 0 Å². The lowest BCUT2D eigenvalue weighted by molar-refractivity contribution is -0.115. The molecule has 134 valence electrons. The van der Waals surface area contributed by atoms with Gasteiger partial charge in [-0.3, -0.25) is 4.79 Å². The van der Waals surface area contributed by atoms with Crippen molar-refractivity contribution in [3.8, 4) is 0 Å². The maximum Gasteiger partial charge on any atom is 0.263 e. The fourth-order valence-corrected chi connectivity index (χ4v) is 3.83. The molecule has 0 saturated carbocycles. The SMILES string of the molecule is C=CC(=C\C(Br)C(C)OCC1C=CC(C)=CC1)/C=C1/SC(=S)NC1=O. The minimum absolute atomic E-state index is 0.000105. The Hall–Kier alpha value is -0.950. The van der Waals surface area contributed by atoms with E-state index < -0.39 is 0 Å². The largest absolute Gasteiger partial charge is 0.376 e. The number of nitrogens with one attached hydrogen (secondary N) is 1. The lowest BCUT2D eigenvalue weighted by Crippen LogP contribution is -2.22. The molecule has 1 amide bonds. The Kier molecular flexibility index (Phi) is 7.87. The van der Waals surface area contributed by atoms with Crippen molar-refractivity contribution in [3.05, 3.63) is 59.1 Å². The summed E-state index contributed by atoms with van der Waals surface area (Å²) >= 11 is 9.92. The van der Waals surface area contributed by atoms with Gasteiger partial charge in [0.25, 0.3) is 5.91 Å². The first kappa shape index (κ1) is 20.4. The second-order valence-electron chi connectivity index (χ2n) is 6.01. The molecule has 1 aliphatic carbocycles. The van der Waals surface area contributed by atoms with E-state index in [1.54, 1.807) is 12.2 Å². The molecule has 2 rings (SSSR count). The van der Waals surface area contributed by atoms with Crippen LogP contribution in [0, 0.1) is 5.92 Å². The van der Waals surface area contributed by atoms with Crippen LogP contribution < -0.4 is 5.32 Å². The van der Waals surface area contributed by atoms with Gasteiger partial charge in [0.05, 0.1) is 22.4 Å². The number of rotatable bonds is 7. The van der Waals surface area contributed by atoms with Crippen LogP contribution in [-0.2, 0) is 9.53 Å². The van der Waals surface area contributed by atoms with Crippen molar-refractivity contribution in [2.24, 2.45) is 5.92 Å². The van der Waals surface area contributed by atoms with E-state index in [0.717, 1.165) is 12.0 Å². The Morgan fingerprint density at radius 3 is 2.96 bits per heavy atom. The van der Waals surface area contributed by atoms with Gasteiger partial charge in [0, 0.05) is 5.92 Å². The van der Waals surface area contributed by atoms with Gasteiger partial charge in [-0.2, -0.15) is 0 Å². The highest BCUT2D eigenvalue weighted by Gasteiger charge is 2.22. The van der Waals surface area contributed by atoms with Gasteiger partial charge in [-0.1, -0.05) is 82.4 Å². The van der Waals surface area contributed by atoms with E-state index in [2.05, 4.69) is 53.0 Å². The molecule has 0 aromatic rings.